The maximum atomic E-state index is 12.3. The topological polar surface area (TPSA) is 52.6 Å². The highest BCUT2D eigenvalue weighted by Gasteiger charge is 2.62. The van der Waals surface area contributed by atoms with E-state index in [-0.39, 0.29) is 28.9 Å². The van der Waals surface area contributed by atoms with E-state index < -0.39 is 5.60 Å². The molecule has 36 heavy (non-hydrogen) atoms. The molecule has 0 aliphatic heterocycles. The van der Waals surface area contributed by atoms with Crippen molar-refractivity contribution in [3.63, 3.8) is 0 Å². The zero-order chi connectivity index (χ0) is 26.5. The Balaban J connectivity index is 1.64. The zero-order valence-electron chi connectivity index (χ0n) is 23.9. The summed E-state index contributed by atoms with van der Waals surface area (Å²) in [5, 5.41) is 0. The summed E-state index contributed by atoms with van der Waals surface area (Å²) in [6.07, 6.45) is 16.1. The van der Waals surface area contributed by atoms with E-state index in [1.807, 2.05) is 0 Å². The minimum Gasteiger partial charge on any atom is -0.462 e. The molecule has 0 aromatic rings. The van der Waals surface area contributed by atoms with Crippen molar-refractivity contribution in [3.8, 4) is 0 Å². The smallest absolute Gasteiger partial charge is 0.303 e. The molecule has 200 valence electrons. The second kappa shape index (κ2) is 9.80. The van der Waals surface area contributed by atoms with Crippen molar-refractivity contribution in [1.82, 2.24) is 0 Å². The van der Waals surface area contributed by atoms with Crippen LogP contribution < -0.4 is 0 Å². The van der Waals surface area contributed by atoms with Gasteiger partial charge in [-0.05, 0) is 78.3 Å². The minimum atomic E-state index is -0.651. The molecule has 8 atom stereocenters. The molecule has 0 heterocycles. The quantitative estimate of drug-likeness (QED) is 0.281. The minimum absolute atomic E-state index is 0.198. The van der Waals surface area contributed by atoms with Crippen molar-refractivity contribution < 1.29 is 19.1 Å². The first-order valence-corrected chi connectivity index (χ1v) is 14.3. The van der Waals surface area contributed by atoms with Gasteiger partial charge in [-0.3, -0.25) is 9.59 Å². The van der Waals surface area contributed by atoms with Gasteiger partial charge < -0.3 is 9.47 Å². The van der Waals surface area contributed by atoms with Crippen LogP contribution in [0.15, 0.2) is 35.5 Å². The Morgan fingerprint density at radius 1 is 0.972 bits per heavy atom. The van der Waals surface area contributed by atoms with Crippen LogP contribution in [0.4, 0.5) is 0 Å². The van der Waals surface area contributed by atoms with E-state index in [1.54, 1.807) is 0 Å². The van der Waals surface area contributed by atoms with E-state index in [4.69, 9.17) is 9.47 Å². The number of carbonyl (C=O) groups is 2. The van der Waals surface area contributed by atoms with Crippen LogP contribution in [0, 0.1) is 40.4 Å². The summed E-state index contributed by atoms with van der Waals surface area (Å²) in [6, 6.07) is 0. The molecule has 0 aromatic heterocycles. The Morgan fingerprint density at radius 2 is 1.69 bits per heavy atom. The fraction of sp³-hybridized carbons (Fsp3) is 0.750. The van der Waals surface area contributed by atoms with Gasteiger partial charge in [0.25, 0.3) is 0 Å². The van der Waals surface area contributed by atoms with Crippen molar-refractivity contribution in [1.29, 1.82) is 0 Å². The molecule has 0 saturated heterocycles. The lowest BCUT2D eigenvalue weighted by Crippen LogP contribution is -2.58. The molecule has 4 aliphatic carbocycles. The summed E-state index contributed by atoms with van der Waals surface area (Å²) in [6.45, 7) is 17.1. The molecule has 0 radical (unpaired) electrons. The third-order valence-electron chi connectivity index (χ3n) is 10.7. The molecule has 0 bridgehead atoms. The predicted molar refractivity (Wildman–Crippen MR) is 144 cm³/mol. The van der Waals surface area contributed by atoms with E-state index in [0.29, 0.717) is 42.4 Å². The molecule has 4 nitrogen and oxygen atoms in total. The number of fused-ring (bicyclic) bond motifs is 5. The van der Waals surface area contributed by atoms with Crippen molar-refractivity contribution >= 4 is 11.9 Å². The molecule has 2 saturated carbocycles. The molecule has 0 amide bonds. The van der Waals surface area contributed by atoms with Crippen molar-refractivity contribution in [3.05, 3.63) is 35.5 Å². The van der Waals surface area contributed by atoms with E-state index >= 15 is 0 Å². The van der Waals surface area contributed by atoms with Gasteiger partial charge in [0, 0.05) is 32.1 Å². The summed E-state index contributed by atoms with van der Waals surface area (Å²) in [5.74, 6) is 2.55. The summed E-state index contributed by atoms with van der Waals surface area (Å²) in [7, 11) is 0. The Morgan fingerprint density at radius 3 is 2.33 bits per heavy atom. The fourth-order valence-electron chi connectivity index (χ4n) is 8.20. The van der Waals surface area contributed by atoms with Crippen molar-refractivity contribution in [2.45, 2.75) is 112 Å². The van der Waals surface area contributed by atoms with Gasteiger partial charge in [-0.15, -0.1) is 0 Å². The Hall–Kier alpha value is -1.84. The largest absolute Gasteiger partial charge is 0.462 e. The van der Waals surface area contributed by atoms with Gasteiger partial charge in [0.1, 0.15) is 11.7 Å². The number of rotatable bonds is 6. The van der Waals surface area contributed by atoms with Crippen LogP contribution >= 0.6 is 0 Å². The van der Waals surface area contributed by atoms with E-state index in [9.17, 15) is 9.59 Å². The monoisotopic (exact) mass is 496 g/mol. The van der Waals surface area contributed by atoms with Gasteiger partial charge in [-0.25, -0.2) is 0 Å². The van der Waals surface area contributed by atoms with Crippen LogP contribution in [0.2, 0.25) is 0 Å². The number of hydrogen-bond acceptors (Lipinski definition) is 4. The molecule has 0 spiro atoms. The van der Waals surface area contributed by atoms with Gasteiger partial charge in [0.05, 0.1) is 0 Å². The molecule has 4 rings (SSSR count). The van der Waals surface area contributed by atoms with Gasteiger partial charge in [-0.1, -0.05) is 65.8 Å². The van der Waals surface area contributed by atoms with E-state index in [1.165, 1.54) is 37.8 Å². The van der Waals surface area contributed by atoms with Crippen LogP contribution in [0.1, 0.15) is 100 Å². The van der Waals surface area contributed by atoms with E-state index in [2.05, 4.69) is 65.8 Å². The second-order valence-electron chi connectivity index (χ2n) is 13.2. The lowest BCUT2D eigenvalue weighted by atomic mass is 9.50. The lowest BCUT2D eigenvalue weighted by Gasteiger charge is -2.58. The zero-order valence-corrected chi connectivity index (χ0v) is 23.9. The fourth-order valence-corrected chi connectivity index (χ4v) is 8.20. The summed E-state index contributed by atoms with van der Waals surface area (Å²) >= 11 is 0. The number of esters is 2. The summed E-state index contributed by atoms with van der Waals surface area (Å²) in [5.41, 5.74) is 2.26. The first-order valence-electron chi connectivity index (χ1n) is 14.3. The molecule has 0 N–H and O–H groups in total. The van der Waals surface area contributed by atoms with Gasteiger partial charge >= 0.3 is 11.9 Å². The maximum Gasteiger partial charge on any atom is 0.303 e. The third-order valence-corrected chi connectivity index (χ3v) is 10.7. The highest BCUT2D eigenvalue weighted by atomic mass is 16.6. The average Bonchev–Trinajstić information content (AvgIpc) is 3.14. The molecule has 4 heteroatoms. The average molecular weight is 497 g/mol. The van der Waals surface area contributed by atoms with Crippen LogP contribution in [-0.2, 0) is 19.1 Å². The number of ether oxygens (including phenoxy) is 2. The van der Waals surface area contributed by atoms with Gasteiger partial charge in [0.15, 0.2) is 0 Å². The predicted octanol–water partition coefficient (Wildman–Crippen LogP) is 7.59. The lowest BCUT2D eigenvalue weighted by molar-refractivity contribution is -0.190. The van der Waals surface area contributed by atoms with Crippen molar-refractivity contribution in [2.75, 3.05) is 0 Å². The van der Waals surface area contributed by atoms with Crippen LogP contribution in [0.25, 0.3) is 0 Å². The maximum absolute atomic E-state index is 12.3. The number of hydrogen-bond donors (Lipinski definition) is 0. The first-order chi connectivity index (χ1) is 16.8. The van der Waals surface area contributed by atoms with Crippen LogP contribution in [0.3, 0.4) is 0 Å². The normalized spacial score (nSPS) is 39.4. The Labute approximate surface area is 219 Å². The molecular weight excluding hydrogens is 448 g/mol. The summed E-state index contributed by atoms with van der Waals surface area (Å²) in [4.78, 5) is 24.0. The molecule has 0 aromatic carbocycles. The molecule has 0 unspecified atom stereocenters. The molecular formula is C32H48O4. The van der Waals surface area contributed by atoms with Gasteiger partial charge in [-0.2, -0.15) is 0 Å². The van der Waals surface area contributed by atoms with Crippen LogP contribution in [-0.4, -0.2) is 23.6 Å². The third kappa shape index (κ3) is 4.52. The SMILES string of the molecule is CC(=O)O[C@@H]1CC[C@]2(C)C3=CC[C@]4(C)[C@@H](CC[C@H]4[C@H](C)/C=C/[C@H](C)C(C)C)C3=CC[C@@]2(OC(C)=O)C1. The number of carbonyl (C=O) groups excluding carboxylic acids is 2. The van der Waals surface area contributed by atoms with Gasteiger partial charge in [0.2, 0.25) is 0 Å². The van der Waals surface area contributed by atoms with Crippen LogP contribution in [0.5, 0.6) is 0 Å². The number of allylic oxidation sites excluding steroid dienone is 4. The highest BCUT2D eigenvalue weighted by Crippen LogP contribution is 2.66. The Kier molecular flexibility index (Phi) is 7.40. The standard InChI is InChI=1S/C32H48O4/c1-20(2)21(3)9-10-22(4)27-11-12-28-26-14-18-32(36-24(6)34)19-25(35-23(5)33)13-17-31(32,8)29(26)15-16-30(27,28)7/h9-10,14-15,20-22,25,27-28H,11-13,16-19H2,1-8H3/b10-9+/t21-,22+,25+,27-,28-,30-,31+,32+/m0/s1. The molecule has 4 aliphatic rings. The second-order valence-corrected chi connectivity index (χ2v) is 13.2. The molecule has 2 fully saturated rings. The Bertz CT molecular complexity index is 973. The summed E-state index contributed by atoms with van der Waals surface area (Å²) < 4.78 is 11.8. The van der Waals surface area contributed by atoms with E-state index in [0.717, 1.165) is 19.3 Å². The first kappa shape index (κ1) is 27.2. The highest BCUT2D eigenvalue weighted by molar-refractivity contribution is 5.68. The van der Waals surface area contributed by atoms with Crippen molar-refractivity contribution in [2.24, 2.45) is 40.4 Å².